The average Bonchev–Trinajstić information content (AvgIpc) is 2.74. The Labute approximate surface area is 165 Å². The van der Waals surface area contributed by atoms with Crippen LogP contribution < -0.4 is 5.32 Å². The van der Waals surface area contributed by atoms with E-state index in [0.29, 0.717) is 12.0 Å². The smallest absolute Gasteiger partial charge is 0.329 e. The van der Waals surface area contributed by atoms with Crippen molar-refractivity contribution in [3.8, 4) is 0 Å². The minimum Gasteiger partial charge on any atom is -0.459 e. The number of aryl methyl sites for hydroxylation is 1. The molecule has 0 aromatic heterocycles. The Hall–Kier alpha value is -3.40. The van der Waals surface area contributed by atoms with E-state index < -0.39 is 12.0 Å². The second-order valence-corrected chi connectivity index (χ2v) is 6.62. The van der Waals surface area contributed by atoms with Crippen LogP contribution in [0, 0.1) is 6.92 Å². The minimum absolute atomic E-state index is 0.179. The van der Waals surface area contributed by atoms with Gasteiger partial charge in [-0.25, -0.2) is 4.79 Å². The first kappa shape index (κ1) is 19.4. The van der Waals surface area contributed by atoms with Crippen LogP contribution in [0.3, 0.4) is 0 Å². The van der Waals surface area contributed by atoms with Crippen molar-refractivity contribution in [1.29, 1.82) is 0 Å². The Morgan fingerprint density at radius 1 is 0.857 bits per heavy atom. The highest BCUT2D eigenvalue weighted by molar-refractivity contribution is 5.96. The molecule has 1 atom stereocenters. The van der Waals surface area contributed by atoms with Gasteiger partial charge in [-0.15, -0.1) is 0 Å². The van der Waals surface area contributed by atoms with Gasteiger partial charge in [-0.2, -0.15) is 0 Å². The number of carbonyl (C=O) groups is 2. The van der Waals surface area contributed by atoms with Crippen LogP contribution in [0.15, 0.2) is 84.9 Å². The predicted octanol–water partition coefficient (Wildman–Crippen LogP) is 4.08. The maximum Gasteiger partial charge on any atom is 0.329 e. The molecule has 0 bridgehead atoms. The molecule has 4 nitrogen and oxygen atoms in total. The number of nitrogens with one attached hydrogen (secondary N) is 1. The van der Waals surface area contributed by atoms with E-state index in [1.54, 1.807) is 24.3 Å². The van der Waals surface area contributed by atoms with Gasteiger partial charge in [-0.1, -0.05) is 72.8 Å². The first-order valence-electron chi connectivity index (χ1n) is 9.24. The van der Waals surface area contributed by atoms with E-state index in [9.17, 15) is 9.59 Å². The van der Waals surface area contributed by atoms with Crippen LogP contribution in [0.2, 0.25) is 0 Å². The Kier molecular flexibility index (Phi) is 6.58. The van der Waals surface area contributed by atoms with E-state index in [2.05, 4.69) is 5.32 Å². The monoisotopic (exact) mass is 373 g/mol. The Balaban J connectivity index is 1.72. The number of ether oxygens (including phenoxy) is 1. The third-order valence-corrected chi connectivity index (χ3v) is 4.54. The highest BCUT2D eigenvalue weighted by Gasteiger charge is 2.23. The van der Waals surface area contributed by atoms with Crippen molar-refractivity contribution in [2.45, 2.75) is 26.0 Å². The van der Waals surface area contributed by atoms with E-state index in [1.165, 1.54) is 0 Å². The molecule has 3 aromatic rings. The number of carbonyl (C=O) groups excluding carboxylic acids is 2. The summed E-state index contributed by atoms with van der Waals surface area (Å²) in [6, 6.07) is 25.4. The lowest BCUT2D eigenvalue weighted by molar-refractivity contribution is -0.147. The van der Waals surface area contributed by atoms with Crippen LogP contribution >= 0.6 is 0 Å². The molecule has 4 heteroatoms. The fourth-order valence-electron chi connectivity index (χ4n) is 2.90. The summed E-state index contributed by atoms with van der Waals surface area (Å²) in [6.07, 6.45) is 0.367. The van der Waals surface area contributed by atoms with Crippen molar-refractivity contribution in [1.82, 2.24) is 5.32 Å². The van der Waals surface area contributed by atoms with Crippen molar-refractivity contribution >= 4 is 11.9 Å². The molecule has 28 heavy (non-hydrogen) atoms. The lowest BCUT2D eigenvalue weighted by Gasteiger charge is -2.18. The van der Waals surface area contributed by atoms with Gasteiger partial charge < -0.3 is 10.1 Å². The summed E-state index contributed by atoms with van der Waals surface area (Å²) in [5.74, 6) is -0.745. The van der Waals surface area contributed by atoms with Crippen molar-refractivity contribution in [2.75, 3.05) is 0 Å². The second kappa shape index (κ2) is 9.51. The van der Waals surface area contributed by atoms with Crippen LogP contribution in [0.5, 0.6) is 0 Å². The molecule has 0 spiro atoms. The second-order valence-electron chi connectivity index (χ2n) is 6.62. The molecule has 3 aromatic carbocycles. The van der Waals surface area contributed by atoms with E-state index >= 15 is 0 Å². The van der Waals surface area contributed by atoms with Crippen molar-refractivity contribution in [3.05, 3.63) is 107 Å². The van der Waals surface area contributed by atoms with Crippen LogP contribution in [0.1, 0.15) is 27.0 Å². The van der Waals surface area contributed by atoms with Crippen LogP contribution in [0.25, 0.3) is 0 Å². The van der Waals surface area contributed by atoms with Gasteiger partial charge in [0.15, 0.2) is 0 Å². The Bertz CT molecular complexity index is 923. The standard InChI is InChI=1S/C24H23NO3/c1-18-10-8-9-15-21(18)17-28-24(27)22(16-19-11-4-2-5-12-19)25-23(26)20-13-6-3-7-14-20/h2-15,22H,16-17H2,1H3,(H,25,26)/t22-/m1/s1. The molecule has 0 saturated carbocycles. The number of hydrogen-bond donors (Lipinski definition) is 1. The third-order valence-electron chi connectivity index (χ3n) is 4.54. The van der Waals surface area contributed by atoms with Gasteiger partial charge >= 0.3 is 5.97 Å². The molecule has 3 rings (SSSR count). The molecular formula is C24H23NO3. The van der Waals surface area contributed by atoms with Gasteiger partial charge in [0, 0.05) is 12.0 Å². The molecular weight excluding hydrogens is 350 g/mol. The minimum atomic E-state index is -0.765. The van der Waals surface area contributed by atoms with E-state index in [4.69, 9.17) is 4.74 Å². The normalized spacial score (nSPS) is 11.5. The van der Waals surface area contributed by atoms with Crippen molar-refractivity contribution in [3.63, 3.8) is 0 Å². The molecule has 142 valence electrons. The van der Waals surface area contributed by atoms with E-state index in [0.717, 1.165) is 16.7 Å². The average molecular weight is 373 g/mol. The summed E-state index contributed by atoms with van der Waals surface area (Å²) >= 11 is 0. The highest BCUT2D eigenvalue weighted by atomic mass is 16.5. The highest BCUT2D eigenvalue weighted by Crippen LogP contribution is 2.11. The lowest BCUT2D eigenvalue weighted by atomic mass is 10.1. The molecule has 1 N–H and O–H groups in total. The Morgan fingerprint density at radius 3 is 2.14 bits per heavy atom. The molecule has 0 radical (unpaired) electrons. The maximum atomic E-state index is 12.8. The molecule has 0 aliphatic heterocycles. The van der Waals surface area contributed by atoms with Gasteiger partial charge in [0.05, 0.1) is 0 Å². The van der Waals surface area contributed by atoms with Gasteiger partial charge in [0.1, 0.15) is 12.6 Å². The van der Waals surface area contributed by atoms with Crippen LogP contribution in [0.4, 0.5) is 0 Å². The summed E-state index contributed by atoms with van der Waals surface area (Å²) < 4.78 is 5.53. The first-order chi connectivity index (χ1) is 13.6. The zero-order valence-corrected chi connectivity index (χ0v) is 15.8. The topological polar surface area (TPSA) is 55.4 Å². The predicted molar refractivity (Wildman–Crippen MR) is 109 cm³/mol. The number of esters is 1. The van der Waals surface area contributed by atoms with E-state index in [-0.39, 0.29) is 12.5 Å². The molecule has 0 aliphatic rings. The molecule has 1 amide bonds. The summed E-state index contributed by atoms with van der Waals surface area (Å²) in [5.41, 5.74) is 3.47. The van der Waals surface area contributed by atoms with Crippen molar-refractivity contribution in [2.24, 2.45) is 0 Å². The number of benzene rings is 3. The van der Waals surface area contributed by atoms with Gasteiger partial charge in [0.2, 0.25) is 0 Å². The third kappa shape index (κ3) is 5.30. The molecule has 0 saturated heterocycles. The largest absolute Gasteiger partial charge is 0.459 e. The van der Waals surface area contributed by atoms with Gasteiger partial charge in [-0.3, -0.25) is 4.79 Å². The number of rotatable bonds is 7. The van der Waals surface area contributed by atoms with E-state index in [1.807, 2.05) is 67.6 Å². The number of amides is 1. The summed E-state index contributed by atoms with van der Waals surface area (Å²) in [7, 11) is 0. The van der Waals surface area contributed by atoms with Gasteiger partial charge in [0.25, 0.3) is 5.91 Å². The Morgan fingerprint density at radius 2 is 1.46 bits per heavy atom. The van der Waals surface area contributed by atoms with Crippen molar-refractivity contribution < 1.29 is 14.3 Å². The van der Waals surface area contributed by atoms with Crippen LogP contribution in [-0.2, 0) is 22.6 Å². The summed E-state index contributed by atoms with van der Waals surface area (Å²) in [4.78, 5) is 25.3. The fourth-order valence-corrected chi connectivity index (χ4v) is 2.90. The molecule has 0 heterocycles. The first-order valence-corrected chi connectivity index (χ1v) is 9.24. The lowest BCUT2D eigenvalue weighted by Crippen LogP contribution is -2.43. The van der Waals surface area contributed by atoms with Crippen LogP contribution in [-0.4, -0.2) is 17.9 Å². The quantitative estimate of drug-likeness (QED) is 0.635. The molecule has 0 unspecified atom stereocenters. The fraction of sp³-hybridized carbons (Fsp3) is 0.167. The molecule has 0 aliphatic carbocycles. The SMILES string of the molecule is Cc1ccccc1COC(=O)[C@@H](Cc1ccccc1)NC(=O)c1ccccc1. The molecule has 0 fully saturated rings. The number of hydrogen-bond acceptors (Lipinski definition) is 3. The summed E-state index contributed by atoms with van der Waals surface area (Å²) in [5, 5.41) is 2.82. The van der Waals surface area contributed by atoms with Gasteiger partial charge in [-0.05, 0) is 35.7 Å². The summed E-state index contributed by atoms with van der Waals surface area (Å²) in [6.45, 7) is 2.15. The zero-order chi connectivity index (χ0) is 19.8. The zero-order valence-electron chi connectivity index (χ0n) is 15.8. The maximum absolute atomic E-state index is 12.8.